The Morgan fingerprint density at radius 2 is 2.28 bits per heavy atom. The number of H-pyrrole nitrogens is 1. The molecule has 5 nitrogen and oxygen atoms in total. The first-order valence-electron chi connectivity index (χ1n) is 5.48. The fourth-order valence-electron chi connectivity index (χ4n) is 1.78. The fraction of sp³-hybridized carbons (Fsp3) is 0.231. The smallest absolute Gasteiger partial charge is 0.356 e. The van der Waals surface area contributed by atoms with Crippen molar-refractivity contribution in [3.8, 4) is 11.8 Å². The van der Waals surface area contributed by atoms with Crippen molar-refractivity contribution >= 4 is 16.9 Å². The van der Waals surface area contributed by atoms with Crippen molar-refractivity contribution in [1.82, 2.24) is 4.98 Å². The van der Waals surface area contributed by atoms with E-state index in [2.05, 4.69) is 4.98 Å². The monoisotopic (exact) mass is 244 g/mol. The number of rotatable bonds is 3. The molecule has 0 amide bonds. The molecule has 1 heterocycles. The van der Waals surface area contributed by atoms with Gasteiger partial charge in [0.1, 0.15) is 17.5 Å². The summed E-state index contributed by atoms with van der Waals surface area (Å²) >= 11 is 0. The number of carbonyl (C=O) groups excluding carboxylic acids is 1. The Hall–Kier alpha value is -2.48. The van der Waals surface area contributed by atoms with Crippen molar-refractivity contribution in [2.75, 3.05) is 13.7 Å². The molecule has 2 aromatic rings. The number of ether oxygens (including phenoxy) is 2. The molecule has 2 rings (SSSR count). The van der Waals surface area contributed by atoms with Crippen molar-refractivity contribution in [3.05, 3.63) is 29.5 Å². The minimum absolute atomic E-state index is 0.183. The molecule has 0 radical (unpaired) electrons. The van der Waals surface area contributed by atoms with Crippen LogP contribution in [-0.4, -0.2) is 24.7 Å². The molecule has 1 N–H and O–H groups in total. The minimum atomic E-state index is -0.524. The molecule has 0 saturated heterocycles. The normalized spacial score (nSPS) is 10.1. The van der Waals surface area contributed by atoms with E-state index < -0.39 is 5.97 Å². The molecule has 0 fully saturated rings. The molecule has 1 aromatic heterocycles. The second-order valence-corrected chi connectivity index (χ2v) is 3.62. The molecule has 0 atom stereocenters. The van der Waals surface area contributed by atoms with Gasteiger partial charge in [-0.25, -0.2) is 4.79 Å². The second-order valence-electron chi connectivity index (χ2n) is 3.62. The van der Waals surface area contributed by atoms with Crippen molar-refractivity contribution in [1.29, 1.82) is 5.26 Å². The van der Waals surface area contributed by atoms with Gasteiger partial charge in [0.05, 0.1) is 24.8 Å². The predicted molar refractivity (Wildman–Crippen MR) is 65.5 cm³/mol. The maximum atomic E-state index is 11.7. The van der Waals surface area contributed by atoms with Crippen LogP contribution in [0, 0.1) is 11.3 Å². The van der Waals surface area contributed by atoms with E-state index in [0.29, 0.717) is 22.2 Å². The molecule has 0 aliphatic rings. The molecule has 5 heteroatoms. The first-order valence-corrected chi connectivity index (χ1v) is 5.48. The van der Waals surface area contributed by atoms with E-state index >= 15 is 0 Å². The molecular weight excluding hydrogens is 232 g/mol. The lowest BCUT2D eigenvalue weighted by Crippen LogP contribution is -2.06. The average Bonchev–Trinajstić information content (AvgIpc) is 2.76. The number of aromatic amines is 1. The lowest BCUT2D eigenvalue weighted by Gasteiger charge is -1.98. The van der Waals surface area contributed by atoms with Gasteiger partial charge < -0.3 is 14.5 Å². The van der Waals surface area contributed by atoms with Gasteiger partial charge in [-0.15, -0.1) is 0 Å². The maximum Gasteiger partial charge on any atom is 0.356 e. The van der Waals surface area contributed by atoms with Gasteiger partial charge in [0.2, 0.25) is 0 Å². The first kappa shape index (κ1) is 12.0. The summed E-state index contributed by atoms with van der Waals surface area (Å²) in [6.45, 7) is 1.98. The van der Waals surface area contributed by atoms with Gasteiger partial charge in [0.15, 0.2) is 0 Å². The van der Waals surface area contributed by atoms with E-state index in [0.717, 1.165) is 0 Å². The third-order valence-corrected chi connectivity index (χ3v) is 2.60. The third-order valence-electron chi connectivity index (χ3n) is 2.60. The predicted octanol–water partition coefficient (Wildman–Crippen LogP) is 2.22. The standard InChI is InChI=1S/C13H12N2O3/c1-3-18-13(16)12-10(7-14)9-5-4-8(17-2)6-11(9)15-12/h4-6,15H,3H2,1-2H3. The number of benzene rings is 1. The largest absolute Gasteiger partial charge is 0.497 e. The van der Waals surface area contributed by atoms with Crippen LogP contribution >= 0.6 is 0 Å². The van der Waals surface area contributed by atoms with Gasteiger partial charge in [-0.2, -0.15) is 5.26 Å². The summed E-state index contributed by atoms with van der Waals surface area (Å²) in [7, 11) is 1.56. The van der Waals surface area contributed by atoms with E-state index in [1.165, 1.54) is 0 Å². The number of esters is 1. The first-order chi connectivity index (χ1) is 8.71. The van der Waals surface area contributed by atoms with E-state index in [1.807, 2.05) is 6.07 Å². The zero-order chi connectivity index (χ0) is 13.1. The number of nitriles is 1. The summed E-state index contributed by atoms with van der Waals surface area (Å²) in [5, 5.41) is 9.82. The summed E-state index contributed by atoms with van der Waals surface area (Å²) < 4.78 is 10.00. The Bertz CT molecular complexity index is 637. The molecule has 18 heavy (non-hydrogen) atoms. The number of methoxy groups -OCH3 is 1. The van der Waals surface area contributed by atoms with Crippen LogP contribution in [0.3, 0.4) is 0 Å². The molecule has 0 saturated carbocycles. The summed E-state index contributed by atoms with van der Waals surface area (Å²) in [5.74, 6) is 0.132. The summed E-state index contributed by atoms with van der Waals surface area (Å²) in [4.78, 5) is 14.6. The summed E-state index contributed by atoms with van der Waals surface area (Å²) in [5.41, 5.74) is 1.16. The van der Waals surface area contributed by atoms with Gasteiger partial charge in [-0.1, -0.05) is 0 Å². The molecule has 0 aliphatic heterocycles. The highest BCUT2D eigenvalue weighted by Gasteiger charge is 2.18. The Morgan fingerprint density at radius 3 is 2.89 bits per heavy atom. The van der Waals surface area contributed by atoms with Gasteiger partial charge in [0.25, 0.3) is 0 Å². The van der Waals surface area contributed by atoms with Crippen LogP contribution in [-0.2, 0) is 4.74 Å². The SMILES string of the molecule is CCOC(=O)c1[nH]c2cc(OC)ccc2c1C#N. The van der Waals surface area contributed by atoms with Crippen LogP contribution in [0.4, 0.5) is 0 Å². The fourth-order valence-corrected chi connectivity index (χ4v) is 1.78. The number of nitrogens with one attached hydrogen (secondary N) is 1. The lowest BCUT2D eigenvalue weighted by molar-refractivity contribution is 0.0520. The van der Waals surface area contributed by atoms with Gasteiger partial charge >= 0.3 is 5.97 Å². The van der Waals surface area contributed by atoms with Crippen LogP contribution in [0.2, 0.25) is 0 Å². The Morgan fingerprint density at radius 1 is 1.50 bits per heavy atom. The van der Waals surface area contributed by atoms with E-state index in [4.69, 9.17) is 14.7 Å². The van der Waals surface area contributed by atoms with Crippen LogP contribution in [0.5, 0.6) is 5.75 Å². The van der Waals surface area contributed by atoms with Crippen LogP contribution in [0.15, 0.2) is 18.2 Å². The third kappa shape index (κ3) is 1.89. The highest BCUT2D eigenvalue weighted by atomic mass is 16.5. The number of fused-ring (bicyclic) bond motifs is 1. The van der Waals surface area contributed by atoms with Crippen LogP contribution < -0.4 is 4.74 Å². The molecule has 92 valence electrons. The highest BCUT2D eigenvalue weighted by Crippen LogP contribution is 2.26. The van der Waals surface area contributed by atoms with Crippen LogP contribution in [0.1, 0.15) is 23.0 Å². The Labute approximate surface area is 104 Å². The van der Waals surface area contributed by atoms with Gasteiger partial charge in [-0.05, 0) is 19.1 Å². The number of aromatic nitrogens is 1. The zero-order valence-corrected chi connectivity index (χ0v) is 10.1. The van der Waals surface area contributed by atoms with Crippen molar-refractivity contribution in [2.24, 2.45) is 0 Å². The van der Waals surface area contributed by atoms with E-state index in [1.54, 1.807) is 32.2 Å². The summed E-state index contributed by atoms with van der Waals surface area (Å²) in [6, 6.07) is 7.24. The van der Waals surface area contributed by atoms with Crippen molar-refractivity contribution < 1.29 is 14.3 Å². The number of hydrogen-bond donors (Lipinski definition) is 1. The molecule has 0 aliphatic carbocycles. The van der Waals surface area contributed by atoms with Crippen molar-refractivity contribution in [2.45, 2.75) is 6.92 Å². The van der Waals surface area contributed by atoms with E-state index in [-0.39, 0.29) is 12.3 Å². The van der Waals surface area contributed by atoms with Crippen LogP contribution in [0.25, 0.3) is 10.9 Å². The molecule has 0 bridgehead atoms. The molecule has 1 aromatic carbocycles. The Kier molecular flexibility index (Phi) is 3.20. The average molecular weight is 244 g/mol. The number of nitrogens with zero attached hydrogens (tertiary/aromatic N) is 1. The van der Waals surface area contributed by atoms with Crippen molar-refractivity contribution in [3.63, 3.8) is 0 Å². The quantitative estimate of drug-likeness (QED) is 0.840. The molecule has 0 spiro atoms. The number of carbonyl (C=O) groups is 1. The zero-order valence-electron chi connectivity index (χ0n) is 10.1. The highest BCUT2D eigenvalue weighted by molar-refractivity contribution is 6.00. The second kappa shape index (κ2) is 4.80. The Balaban J connectivity index is 2.61. The lowest BCUT2D eigenvalue weighted by atomic mass is 10.1. The topological polar surface area (TPSA) is 75.1 Å². The number of hydrogen-bond acceptors (Lipinski definition) is 4. The minimum Gasteiger partial charge on any atom is -0.497 e. The van der Waals surface area contributed by atoms with E-state index in [9.17, 15) is 4.79 Å². The molecule has 0 unspecified atom stereocenters. The van der Waals surface area contributed by atoms with Gasteiger partial charge in [0, 0.05) is 11.5 Å². The van der Waals surface area contributed by atoms with Gasteiger partial charge in [-0.3, -0.25) is 0 Å². The molecular formula is C13H12N2O3. The maximum absolute atomic E-state index is 11.7. The summed E-state index contributed by atoms with van der Waals surface area (Å²) in [6.07, 6.45) is 0.